The van der Waals surface area contributed by atoms with Crippen LogP contribution in [0, 0.1) is 0 Å². The van der Waals surface area contributed by atoms with Crippen LogP contribution < -0.4 is 4.74 Å². The van der Waals surface area contributed by atoms with Crippen LogP contribution in [0.1, 0.15) is 5.56 Å². The lowest BCUT2D eigenvalue weighted by atomic mass is 10.1. The third-order valence-electron chi connectivity index (χ3n) is 3.64. The Morgan fingerprint density at radius 2 is 1.68 bits per heavy atom. The van der Waals surface area contributed by atoms with E-state index in [1.165, 1.54) is 0 Å². The first-order valence-electron chi connectivity index (χ1n) is 7.56. The van der Waals surface area contributed by atoms with Crippen LogP contribution in [0.15, 0.2) is 70.9 Å². The number of hydrogen-bond donors (Lipinski definition) is 0. The summed E-state index contributed by atoms with van der Waals surface area (Å²) >= 11 is 5.14. The molecule has 0 aliphatic rings. The Balaban J connectivity index is 1.82. The summed E-state index contributed by atoms with van der Waals surface area (Å²) in [6.07, 6.45) is 0. The van der Waals surface area contributed by atoms with Gasteiger partial charge in [0.05, 0.1) is 18.5 Å². The number of benzene rings is 3. The topological polar surface area (TPSA) is 60.3 Å². The number of hydrogen-bond acceptors (Lipinski definition) is 5. The molecule has 0 saturated carbocycles. The highest BCUT2D eigenvalue weighted by Gasteiger charge is 2.05. The van der Waals surface area contributed by atoms with Crippen LogP contribution in [-0.2, 0) is 11.3 Å². The van der Waals surface area contributed by atoms with Gasteiger partial charge in [-0.15, -0.1) is 5.11 Å². The highest BCUT2D eigenvalue weighted by molar-refractivity contribution is 6.61. The molecule has 0 bridgehead atoms. The second kappa shape index (κ2) is 7.77. The predicted molar refractivity (Wildman–Crippen MR) is 97.2 cm³/mol. The molecule has 3 aromatic carbocycles. The summed E-state index contributed by atoms with van der Waals surface area (Å²) in [5, 5.41) is 10.6. The molecule has 0 unspecified atom stereocenters. The van der Waals surface area contributed by atoms with Crippen molar-refractivity contribution in [3.8, 4) is 5.75 Å². The number of rotatable bonds is 5. The molecule has 126 valence electrons. The van der Waals surface area contributed by atoms with Gasteiger partial charge in [-0.05, 0) is 29.8 Å². The zero-order valence-electron chi connectivity index (χ0n) is 13.5. The van der Waals surface area contributed by atoms with Crippen molar-refractivity contribution in [2.45, 2.75) is 6.61 Å². The molecule has 5 nitrogen and oxygen atoms in total. The zero-order valence-corrected chi connectivity index (χ0v) is 14.2. The van der Waals surface area contributed by atoms with Crippen molar-refractivity contribution < 1.29 is 14.3 Å². The van der Waals surface area contributed by atoms with Crippen LogP contribution in [0.4, 0.5) is 16.2 Å². The molecule has 0 saturated heterocycles. The first kappa shape index (κ1) is 16.9. The van der Waals surface area contributed by atoms with E-state index in [1.807, 2.05) is 36.4 Å². The maximum Gasteiger partial charge on any atom is 0.404 e. The normalized spacial score (nSPS) is 11.0. The van der Waals surface area contributed by atoms with E-state index in [1.54, 1.807) is 31.4 Å². The fourth-order valence-corrected chi connectivity index (χ4v) is 2.49. The van der Waals surface area contributed by atoms with Gasteiger partial charge in [0.2, 0.25) is 0 Å². The third kappa shape index (κ3) is 4.14. The summed E-state index contributed by atoms with van der Waals surface area (Å²) in [6.45, 7) is 0.128. The summed E-state index contributed by atoms with van der Waals surface area (Å²) in [5.74, 6) is 0.799. The van der Waals surface area contributed by atoms with Crippen molar-refractivity contribution in [1.82, 2.24) is 0 Å². The van der Waals surface area contributed by atoms with Crippen LogP contribution >= 0.6 is 11.6 Å². The number of carbonyl (C=O) groups excluding carboxylic acids is 1. The summed E-state index contributed by atoms with van der Waals surface area (Å²) in [6, 6.07) is 18.8. The van der Waals surface area contributed by atoms with Crippen molar-refractivity contribution >= 4 is 39.2 Å². The van der Waals surface area contributed by atoms with Gasteiger partial charge in [0, 0.05) is 22.4 Å². The number of nitrogens with zero attached hydrogens (tertiary/aromatic N) is 2. The third-order valence-corrected chi connectivity index (χ3v) is 3.75. The molecule has 3 rings (SSSR count). The Labute approximate surface area is 149 Å². The van der Waals surface area contributed by atoms with Crippen LogP contribution in [0.25, 0.3) is 10.8 Å². The molecule has 0 fully saturated rings. The minimum atomic E-state index is -0.824. The van der Waals surface area contributed by atoms with Crippen molar-refractivity contribution in [3.05, 3.63) is 66.2 Å². The van der Waals surface area contributed by atoms with Crippen LogP contribution in [0.2, 0.25) is 0 Å². The second-order valence-corrected chi connectivity index (χ2v) is 5.53. The Bertz CT molecular complexity index is 924. The quantitative estimate of drug-likeness (QED) is 0.408. The standard InChI is InChI=1S/C19H15ClN2O3/c1-24-18-11-10-17(15-4-2-3-5-16(15)18)22-21-14-8-6-13(7-9-14)12-25-19(20)23/h2-11H,12H2,1H3. The van der Waals surface area contributed by atoms with Gasteiger partial charge in [-0.1, -0.05) is 36.4 Å². The highest BCUT2D eigenvalue weighted by Crippen LogP contribution is 2.33. The number of methoxy groups -OCH3 is 1. The molecule has 0 spiro atoms. The van der Waals surface area contributed by atoms with Gasteiger partial charge in [-0.2, -0.15) is 5.11 Å². The van der Waals surface area contributed by atoms with Crippen molar-refractivity contribution in [2.24, 2.45) is 10.2 Å². The first-order chi connectivity index (χ1) is 12.2. The largest absolute Gasteiger partial charge is 0.496 e. The van der Waals surface area contributed by atoms with E-state index < -0.39 is 5.43 Å². The maximum absolute atomic E-state index is 10.6. The molecule has 0 radical (unpaired) electrons. The van der Waals surface area contributed by atoms with Crippen molar-refractivity contribution in [1.29, 1.82) is 0 Å². The van der Waals surface area contributed by atoms with Gasteiger partial charge in [-0.25, -0.2) is 4.79 Å². The summed E-state index contributed by atoms with van der Waals surface area (Å²) < 4.78 is 10.1. The minimum absolute atomic E-state index is 0.128. The van der Waals surface area contributed by atoms with E-state index in [0.29, 0.717) is 5.69 Å². The highest BCUT2D eigenvalue weighted by atomic mass is 35.5. The van der Waals surface area contributed by atoms with Crippen LogP contribution in [-0.4, -0.2) is 12.5 Å². The maximum atomic E-state index is 10.6. The van der Waals surface area contributed by atoms with E-state index in [2.05, 4.69) is 10.2 Å². The lowest BCUT2D eigenvalue weighted by Crippen LogP contribution is -1.93. The summed E-state index contributed by atoms with van der Waals surface area (Å²) in [4.78, 5) is 10.6. The van der Waals surface area contributed by atoms with Crippen LogP contribution in [0.5, 0.6) is 5.75 Å². The average molecular weight is 355 g/mol. The van der Waals surface area contributed by atoms with Crippen LogP contribution in [0.3, 0.4) is 0 Å². The molecule has 6 heteroatoms. The molecular weight excluding hydrogens is 340 g/mol. The molecular formula is C19H15ClN2O3. The molecule has 0 aliphatic carbocycles. The van der Waals surface area contributed by atoms with E-state index >= 15 is 0 Å². The molecule has 0 aromatic heterocycles. The van der Waals surface area contributed by atoms with E-state index in [0.717, 1.165) is 27.8 Å². The summed E-state index contributed by atoms with van der Waals surface area (Å²) in [7, 11) is 1.64. The summed E-state index contributed by atoms with van der Waals surface area (Å²) in [5.41, 5.74) is 1.45. The lowest BCUT2D eigenvalue weighted by Gasteiger charge is -2.06. The van der Waals surface area contributed by atoms with Gasteiger partial charge < -0.3 is 9.47 Å². The smallest absolute Gasteiger partial charge is 0.404 e. The van der Waals surface area contributed by atoms with E-state index in [-0.39, 0.29) is 6.61 Å². The molecule has 0 heterocycles. The number of fused-ring (bicyclic) bond motifs is 1. The van der Waals surface area contributed by atoms with E-state index in [4.69, 9.17) is 21.1 Å². The molecule has 0 aliphatic heterocycles. The number of azo groups is 1. The second-order valence-electron chi connectivity index (χ2n) is 5.23. The SMILES string of the molecule is COc1ccc(N=Nc2ccc(COC(=O)Cl)cc2)c2ccccc12. The van der Waals surface area contributed by atoms with E-state index in [9.17, 15) is 4.79 Å². The van der Waals surface area contributed by atoms with Gasteiger partial charge >= 0.3 is 5.43 Å². The van der Waals surface area contributed by atoms with Crippen molar-refractivity contribution in [3.63, 3.8) is 0 Å². The fraction of sp³-hybridized carbons (Fsp3) is 0.105. The fourth-order valence-electron chi connectivity index (χ4n) is 2.43. The predicted octanol–water partition coefficient (Wildman–Crippen LogP) is 6.14. The molecule has 0 amide bonds. The Morgan fingerprint density at radius 3 is 2.36 bits per heavy atom. The van der Waals surface area contributed by atoms with Gasteiger partial charge in [0.25, 0.3) is 0 Å². The number of ether oxygens (including phenoxy) is 2. The van der Waals surface area contributed by atoms with Gasteiger partial charge in [0.15, 0.2) is 0 Å². The molecule has 3 aromatic rings. The monoisotopic (exact) mass is 354 g/mol. The Morgan fingerprint density at radius 1 is 0.960 bits per heavy atom. The molecule has 0 atom stereocenters. The van der Waals surface area contributed by atoms with Gasteiger partial charge in [0.1, 0.15) is 12.4 Å². The lowest BCUT2D eigenvalue weighted by molar-refractivity contribution is 0.167. The number of halogens is 1. The first-order valence-corrected chi connectivity index (χ1v) is 7.94. The van der Waals surface area contributed by atoms with Gasteiger partial charge in [-0.3, -0.25) is 0 Å². The average Bonchev–Trinajstić information content (AvgIpc) is 2.65. The van der Waals surface area contributed by atoms with Crippen molar-refractivity contribution in [2.75, 3.05) is 7.11 Å². The molecule has 25 heavy (non-hydrogen) atoms. The molecule has 0 N–H and O–H groups in total. The zero-order chi connectivity index (χ0) is 17.6. The Kier molecular flexibility index (Phi) is 5.26. The minimum Gasteiger partial charge on any atom is -0.496 e. The Hall–Kier alpha value is -2.92. The number of carbonyl (C=O) groups is 1.